The van der Waals surface area contributed by atoms with E-state index < -0.39 is 5.97 Å². The topological polar surface area (TPSA) is 81.3 Å². The number of hydrogen-bond acceptors (Lipinski definition) is 4. The molecule has 0 bridgehead atoms. The van der Waals surface area contributed by atoms with Crippen LogP contribution in [0.5, 0.6) is 0 Å². The Kier molecular flexibility index (Phi) is 7.54. The first-order valence-electron chi connectivity index (χ1n) is 6.25. The summed E-state index contributed by atoms with van der Waals surface area (Å²) < 4.78 is 0.589. The molecule has 1 amide bonds. The third-order valence-electron chi connectivity index (χ3n) is 2.33. The minimum absolute atomic E-state index is 0.129. The quantitative estimate of drug-likeness (QED) is 0.383. The van der Waals surface area contributed by atoms with Crippen LogP contribution in [-0.4, -0.2) is 63.2 Å². The smallest absolute Gasteiger partial charge is 0.221 e. The SMILES string of the molecule is CCNCCC(=O)NC(CC(=O)[O-])C[N+](C)(C)C. The number of nitrogens with zero attached hydrogens (tertiary/aromatic N) is 1. The van der Waals surface area contributed by atoms with Gasteiger partial charge in [0.25, 0.3) is 0 Å². The number of amides is 1. The van der Waals surface area contributed by atoms with E-state index in [-0.39, 0.29) is 18.4 Å². The molecular weight excluding hydrogens is 234 g/mol. The Hall–Kier alpha value is -1.14. The molecule has 0 aliphatic rings. The molecule has 0 spiro atoms. The fourth-order valence-corrected chi connectivity index (χ4v) is 1.70. The van der Waals surface area contributed by atoms with E-state index in [2.05, 4.69) is 10.6 Å². The molecule has 2 N–H and O–H groups in total. The second kappa shape index (κ2) is 8.05. The average molecular weight is 259 g/mol. The Morgan fingerprint density at radius 2 is 1.89 bits per heavy atom. The van der Waals surface area contributed by atoms with E-state index in [1.54, 1.807) is 0 Å². The molecule has 0 rings (SSSR count). The second-order valence-corrected chi connectivity index (χ2v) is 5.42. The summed E-state index contributed by atoms with van der Waals surface area (Å²) in [7, 11) is 5.85. The standard InChI is InChI=1S/C12H25N3O3/c1-5-13-7-6-11(16)14-10(8-12(17)18)9-15(2,3)4/h10,13H,5-9H2,1-4H3,(H-,14,16,17,18). The van der Waals surface area contributed by atoms with Crippen LogP contribution in [0.15, 0.2) is 0 Å². The molecule has 18 heavy (non-hydrogen) atoms. The highest BCUT2D eigenvalue weighted by Gasteiger charge is 2.20. The van der Waals surface area contributed by atoms with Crippen molar-refractivity contribution < 1.29 is 19.2 Å². The molecule has 1 atom stereocenters. The number of aliphatic carboxylic acids is 1. The lowest BCUT2D eigenvalue weighted by atomic mass is 10.1. The van der Waals surface area contributed by atoms with Crippen molar-refractivity contribution in [1.29, 1.82) is 0 Å². The van der Waals surface area contributed by atoms with Gasteiger partial charge in [-0.3, -0.25) is 4.79 Å². The number of nitrogens with one attached hydrogen (secondary N) is 2. The van der Waals surface area contributed by atoms with E-state index in [1.165, 1.54) is 0 Å². The summed E-state index contributed by atoms with van der Waals surface area (Å²) in [5.41, 5.74) is 0. The highest BCUT2D eigenvalue weighted by Crippen LogP contribution is 2.00. The van der Waals surface area contributed by atoms with Gasteiger partial charge in [-0.2, -0.15) is 0 Å². The average Bonchev–Trinajstić information content (AvgIpc) is 2.13. The van der Waals surface area contributed by atoms with Gasteiger partial charge in [-0.25, -0.2) is 0 Å². The van der Waals surface area contributed by atoms with E-state index in [0.29, 0.717) is 24.0 Å². The molecule has 0 aromatic carbocycles. The Balaban J connectivity index is 4.22. The molecule has 0 saturated carbocycles. The maximum atomic E-state index is 11.6. The first-order chi connectivity index (χ1) is 8.24. The number of rotatable bonds is 9. The lowest BCUT2D eigenvalue weighted by molar-refractivity contribution is -0.871. The summed E-state index contributed by atoms with van der Waals surface area (Å²) in [5, 5.41) is 16.5. The van der Waals surface area contributed by atoms with Gasteiger partial charge in [0.2, 0.25) is 5.91 Å². The Morgan fingerprint density at radius 1 is 1.28 bits per heavy atom. The third-order valence-corrected chi connectivity index (χ3v) is 2.33. The summed E-state index contributed by atoms with van der Waals surface area (Å²) in [6.45, 7) is 3.94. The van der Waals surface area contributed by atoms with Crippen LogP contribution in [0, 0.1) is 0 Å². The van der Waals surface area contributed by atoms with Crippen LogP contribution in [0.3, 0.4) is 0 Å². The van der Waals surface area contributed by atoms with Crippen molar-refractivity contribution in [2.24, 2.45) is 0 Å². The van der Waals surface area contributed by atoms with E-state index in [9.17, 15) is 14.7 Å². The molecule has 0 fully saturated rings. The van der Waals surface area contributed by atoms with E-state index >= 15 is 0 Å². The van der Waals surface area contributed by atoms with E-state index in [1.807, 2.05) is 28.1 Å². The Bertz CT molecular complexity index is 274. The van der Waals surface area contributed by atoms with Gasteiger partial charge in [0, 0.05) is 25.4 Å². The van der Waals surface area contributed by atoms with Crippen molar-refractivity contribution in [2.45, 2.75) is 25.8 Å². The van der Waals surface area contributed by atoms with Crippen LogP contribution in [0.2, 0.25) is 0 Å². The van der Waals surface area contributed by atoms with Crippen LogP contribution >= 0.6 is 0 Å². The highest BCUT2D eigenvalue weighted by atomic mass is 16.4. The fourth-order valence-electron chi connectivity index (χ4n) is 1.70. The van der Waals surface area contributed by atoms with Crippen LogP contribution in [0.1, 0.15) is 19.8 Å². The predicted molar refractivity (Wildman–Crippen MR) is 67.6 cm³/mol. The summed E-state index contributed by atoms with van der Waals surface area (Å²) in [6.07, 6.45) is 0.205. The molecule has 0 saturated heterocycles. The monoisotopic (exact) mass is 259 g/mol. The zero-order valence-corrected chi connectivity index (χ0v) is 11.8. The molecular formula is C12H25N3O3. The summed E-state index contributed by atoms with van der Waals surface area (Å²) in [5.74, 6) is -1.27. The van der Waals surface area contributed by atoms with Crippen molar-refractivity contribution in [1.82, 2.24) is 10.6 Å². The van der Waals surface area contributed by atoms with Crippen LogP contribution in [0.4, 0.5) is 0 Å². The molecule has 0 aliphatic carbocycles. The largest absolute Gasteiger partial charge is 0.550 e. The van der Waals surface area contributed by atoms with Gasteiger partial charge in [-0.05, 0) is 6.54 Å². The molecule has 1 unspecified atom stereocenters. The number of hydrogen-bond donors (Lipinski definition) is 2. The van der Waals surface area contributed by atoms with Gasteiger partial charge in [-0.15, -0.1) is 0 Å². The molecule has 0 aromatic rings. The van der Waals surface area contributed by atoms with Crippen LogP contribution in [0.25, 0.3) is 0 Å². The van der Waals surface area contributed by atoms with Crippen molar-refractivity contribution in [2.75, 3.05) is 40.8 Å². The highest BCUT2D eigenvalue weighted by molar-refractivity contribution is 5.77. The number of carboxylic acids is 1. The van der Waals surface area contributed by atoms with Gasteiger partial charge in [0.05, 0.1) is 33.7 Å². The summed E-state index contributed by atoms with van der Waals surface area (Å²) in [6, 6.07) is -0.385. The molecule has 0 aliphatic heterocycles. The maximum Gasteiger partial charge on any atom is 0.221 e. The molecule has 106 valence electrons. The third kappa shape index (κ3) is 10.0. The Morgan fingerprint density at radius 3 is 2.33 bits per heavy atom. The first-order valence-corrected chi connectivity index (χ1v) is 6.25. The van der Waals surface area contributed by atoms with Gasteiger partial charge >= 0.3 is 0 Å². The number of carbonyl (C=O) groups is 2. The molecule has 0 radical (unpaired) electrons. The summed E-state index contributed by atoms with van der Waals surface area (Å²) >= 11 is 0. The van der Waals surface area contributed by atoms with E-state index in [0.717, 1.165) is 6.54 Å². The summed E-state index contributed by atoms with van der Waals surface area (Å²) in [4.78, 5) is 22.3. The van der Waals surface area contributed by atoms with Crippen LogP contribution < -0.4 is 15.7 Å². The zero-order valence-electron chi connectivity index (χ0n) is 11.8. The lowest BCUT2D eigenvalue weighted by Gasteiger charge is -2.30. The van der Waals surface area contributed by atoms with Crippen molar-refractivity contribution >= 4 is 11.9 Å². The normalized spacial score (nSPS) is 13.1. The molecule has 6 heteroatoms. The zero-order chi connectivity index (χ0) is 14.2. The number of quaternary nitrogens is 1. The predicted octanol–water partition coefficient (Wildman–Crippen LogP) is -1.68. The first kappa shape index (κ1) is 16.9. The van der Waals surface area contributed by atoms with Gasteiger partial charge in [0.15, 0.2) is 0 Å². The number of likely N-dealkylation sites (N-methyl/N-ethyl adjacent to an activating group) is 1. The lowest BCUT2D eigenvalue weighted by Crippen LogP contribution is -2.51. The van der Waals surface area contributed by atoms with Crippen molar-refractivity contribution in [3.8, 4) is 0 Å². The van der Waals surface area contributed by atoms with Crippen molar-refractivity contribution in [3.63, 3.8) is 0 Å². The molecule has 6 nitrogen and oxygen atoms in total. The van der Waals surface area contributed by atoms with Crippen LogP contribution in [-0.2, 0) is 9.59 Å². The Labute approximate surface area is 109 Å². The van der Waals surface area contributed by atoms with Crippen molar-refractivity contribution in [3.05, 3.63) is 0 Å². The fraction of sp³-hybridized carbons (Fsp3) is 0.833. The molecule has 0 aromatic heterocycles. The minimum Gasteiger partial charge on any atom is -0.550 e. The van der Waals surface area contributed by atoms with Gasteiger partial charge < -0.3 is 25.0 Å². The number of carboxylic acid groups (broad SMARTS) is 1. The second-order valence-electron chi connectivity index (χ2n) is 5.42. The maximum absolute atomic E-state index is 11.6. The van der Waals surface area contributed by atoms with E-state index in [4.69, 9.17) is 0 Å². The van der Waals surface area contributed by atoms with Gasteiger partial charge in [0.1, 0.15) is 0 Å². The minimum atomic E-state index is -1.14. The molecule has 0 heterocycles. The van der Waals surface area contributed by atoms with Gasteiger partial charge in [-0.1, -0.05) is 6.92 Å². The number of carbonyl (C=O) groups excluding carboxylic acids is 2.